The first-order chi connectivity index (χ1) is 16.7. The van der Waals surface area contributed by atoms with Crippen LogP contribution in [0.3, 0.4) is 0 Å². The number of nitro groups is 2. The molecule has 2 aliphatic carbocycles. The van der Waals surface area contributed by atoms with E-state index >= 15 is 0 Å². The van der Waals surface area contributed by atoms with Crippen molar-refractivity contribution in [3.8, 4) is 0 Å². The molecule has 0 aromatic heterocycles. The van der Waals surface area contributed by atoms with Gasteiger partial charge in [-0.15, -0.1) is 0 Å². The number of benzene rings is 1. The Morgan fingerprint density at radius 2 is 1.97 bits per heavy atom. The lowest BCUT2D eigenvalue weighted by atomic mass is 9.61. The van der Waals surface area contributed by atoms with E-state index in [1.165, 1.54) is 44.2 Å². The Balaban J connectivity index is 1.76. The van der Waals surface area contributed by atoms with E-state index in [4.69, 9.17) is 0 Å². The average Bonchev–Trinajstić information content (AvgIpc) is 2.79. The summed E-state index contributed by atoms with van der Waals surface area (Å²) in [5.74, 6) is 1.14. The van der Waals surface area contributed by atoms with Gasteiger partial charge in [-0.2, -0.15) is 5.10 Å². The number of nitro benzene ring substituents is 2. The van der Waals surface area contributed by atoms with E-state index in [-0.39, 0.29) is 23.7 Å². The first kappa shape index (κ1) is 26.6. The van der Waals surface area contributed by atoms with Crippen LogP contribution in [0.15, 0.2) is 23.3 Å². The zero-order valence-electron chi connectivity index (χ0n) is 20.5. The first-order valence-corrected chi connectivity index (χ1v) is 12.6. The van der Waals surface area contributed by atoms with Gasteiger partial charge in [0.2, 0.25) is 0 Å². The zero-order chi connectivity index (χ0) is 25.5. The van der Waals surface area contributed by atoms with Crippen molar-refractivity contribution in [1.82, 2.24) is 0 Å². The van der Waals surface area contributed by atoms with Gasteiger partial charge in [0.1, 0.15) is 5.69 Å². The fourth-order valence-electron chi connectivity index (χ4n) is 5.87. The molecule has 2 N–H and O–H groups in total. The van der Waals surface area contributed by atoms with Crippen molar-refractivity contribution in [2.24, 2.45) is 34.7 Å². The summed E-state index contributed by atoms with van der Waals surface area (Å²) in [7, 11) is 0. The molecule has 2 saturated carbocycles. The van der Waals surface area contributed by atoms with Gasteiger partial charge in [0.25, 0.3) is 5.69 Å². The van der Waals surface area contributed by atoms with Crippen LogP contribution in [-0.4, -0.2) is 26.6 Å². The number of fused-ring (bicyclic) bond motifs is 1. The molecule has 4 unspecified atom stereocenters. The van der Waals surface area contributed by atoms with Crippen LogP contribution in [-0.2, 0) is 4.79 Å². The minimum atomic E-state index is -0.883. The van der Waals surface area contributed by atoms with Gasteiger partial charge >= 0.3 is 11.7 Å². The lowest BCUT2D eigenvalue weighted by Gasteiger charge is -2.44. The predicted octanol–water partition coefficient (Wildman–Crippen LogP) is 6.40. The number of aliphatic carboxylic acids is 1. The third-order valence-electron chi connectivity index (χ3n) is 7.60. The number of anilines is 1. The number of unbranched alkanes of at least 4 members (excludes halogenated alkanes) is 1. The number of non-ortho nitro benzene ring substituents is 1. The minimum Gasteiger partial charge on any atom is -0.481 e. The number of carbonyl (C=O) groups is 1. The first-order valence-electron chi connectivity index (χ1n) is 12.6. The van der Waals surface area contributed by atoms with E-state index in [0.717, 1.165) is 31.0 Å². The quantitative estimate of drug-likeness (QED) is 0.208. The second kappa shape index (κ2) is 12.1. The molecule has 0 bridgehead atoms. The molecule has 0 saturated heterocycles. The summed E-state index contributed by atoms with van der Waals surface area (Å²) in [4.78, 5) is 32.7. The molecule has 2 aliphatic rings. The SMILES string of the molecule is CC(C)CCCCC1CCCC2C/C(=N\Nc3ccc([N+](=O)[O-])cc3[N+](=O)[O-])C(CC(=O)O)CC12. The molecule has 1 aromatic rings. The van der Waals surface area contributed by atoms with Gasteiger partial charge in [-0.05, 0) is 49.0 Å². The van der Waals surface area contributed by atoms with Crippen molar-refractivity contribution in [2.45, 2.75) is 78.1 Å². The molecule has 4 atom stereocenters. The van der Waals surface area contributed by atoms with Crippen LogP contribution in [0.2, 0.25) is 0 Å². The molecule has 0 amide bonds. The molecular formula is C25H36N4O6. The van der Waals surface area contributed by atoms with Gasteiger partial charge in [-0.25, -0.2) is 0 Å². The lowest BCUT2D eigenvalue weighted by molar-refractivity contribution is -0.393. The summed E-state index contributed by atoms with van der Waals surface area (Å²) < 4.78 is 0. The van der Waals surface area contributed by atoms with Crippen LogP contribution in [0.1, 0.15) is 78.1 Å². The van der Waals surface area contributed by atoms with Gasteiger partial charge in [-0.1, -0.05) is 52.4 Å². The maximum absolute atomic E-state index is 11.6. The molecular weight excluding hydrogens is 452 g/mol. The van der Waals surface area contributed by atoms with Gasteiger partial charge < -0.3 is 5.11 Å². The lowest BCUT2D eigenvalue weighted by Crippen LogP contribution is -2.39. The highest BCUT2D eigenvalue weighted by atomic mass is 16.6. The average molecular weight is 489 g/mol. The molecule has 2 fully saturated rings. The highest BCUT2D eigenvalue weighted by Gasteiger charge is 2.41. The molecule has 192 valence electrons. The Morgan fingerprint density at radius 3 is 2.63 bits per heavy atom. The molecule has 0 heterocycles. The number of nitrogens with zero attached hydrogens (tertiary/aromatic N) is 3. The highest BCUT2D eigenvalue weighted by molar-refractivity contribution is 5.91. The van der Waals surface area contributed by atoms with Gasteiger partial charge in [0.05, 0.1) is 22.3 Å². The van der Waals surface area contributed by atoms with Crippen LogP contribution in [0.5, 0.6) is 0 Å². The molecule has 0 aliphatic heterocycles. The van der Waals surface area contributed by atoms with Gasteiger partial charge in [0.15, 0.2) is 0 Å². The Bertz CT molecular complexity index is 963. The summed E-state index contributed by atoms with van der Waals surface area (Å²) >= 11 is 0. The van der Waals surface area contributed by atoms with Crippen molar-refractivity contribution in [3.63, 3.8) is 0 Å². The number of carboxylic acid groups (broad SMARTS) is 1. The molecule has 0 spiro atoms. The summed E-state index contributed by atoms with van der Waals surface area (Å²) in [5.41, 5.74) is 2.69. The summed E-state index contributed by atoms with van der Waals surface area (Å²) in [6, 6.07) is 3.36. The van der Waals surface area contributed by atoms with E-state index in [0.29, 0.717) is 30.1 Å². The van der Waals surface area contributed by atoms with Crippen LogP contribution in [0.25, 0.3) is 0 Å². The van der Waals surface area contributed by atoms with Crippen LogP contribution < -0.4 is 5.43 Å². The number of carboxylic acids is 1. The van der Waals surface area contributed by atoms with E-state index < -0.39 is 21.5 Å². The Kier molecular flexibility index (Phi) is 9.17. The Hall–Kier alpha value is -3.04. The van der Waals surface area contributed by atoms with Crippen molar-refractivity contribution >= 4 is 28.7 Å². The standard InChI is InChI=1S/C25H36N4O6/c1-16(2)6-3-4-7-17-8-5-9-18-13-23(19(12-21(17)18)14-25(30)31)27-26-22-11-10-20(28(32)33)15-24(22)29(34)35/h10-11,15-19,21,26H,3-9,12-14H2,1-2H3,(H,30,31)/b27-23+. The van der Waals surface area contributed by atoms with E-state index in [9.17, 15) is 30.1 Å². The molecule has 1 aromatic carbocycles. The fourth-order valence-corrected chi connectivity index (χ4v) is 5.87. The minimum absolute atomic E-state index is 0.0217. The van der Waals surface area contributed by atoms with Crippen molar-refractivity contribution in [3.05, 3.63) is 38.4 Å². The Morgan fingerprint density at radius 1 is 1.20 bits per heavy atom. The Labute approximate surface area is 205 Å². The maximum Gasteiger partial charge on any atom is 0.304 e. The zero-order valence-corrected chi connectivity index (χ0v) is 20.5. The number of rotatable bonds is 11. The van der Waals surface area contributed by atoms with Gasteiger partial charge in [0, 0.05) is 17.7 Å². The van der Waals surface area contributed by atoms with Crippen LogP contribution >= 0.6 is 0 Å². The van der Waals surface area contributed by atoms with Crippen LogP contribution in [0.4, 0.5) is 17.1 Å². The normalized spacial score (nSPS) is 25.3. The summed E-state index contributed by atoms with van der Waals surface area (Å²) in [6.45, 7) is 4.49. The van der Waals surface area contributed by atoms with Gasteiger partial charge in [-0.3, -0.25) is 30.4 Å². The molecule has 3 rings (SSSR count). The smallest absolute Gasteiger partial charge is 0.304 e. The number of hydrogen-bond acceptors (Lipinski definition) is 7. The third-order valence-corrected chi connectivity index (χ3v) is 7.60. The highest BCUT2D eigenvalue weighted by Crippen LogP contribution is 2.47. The monoisotopic (exact) mass is 488 g/mol. The largest absolute Gasteiger partial charge is 0.481 e. The number of hydrogen-bond donors (Lipinski definition) is 2. The molecule has 10 heteroatoms. The van der Waals surface area contributed by atoms with Crippen molar-refractivity contribution in [1.29, 1.82) is 0 Å². The fraction of sp³-hybridized carbons (Fsp3) is 0.680. The van der Waals surface area contributed by atoms with Crippen molar-refractivity contribution < 1.29 is 19.7 Å². The summed E-state index contributed by atoms with van der Waals surface area (Å²) in [5, 5.41) is 36.4. The topological polar surface area (TPSA) is 148 Å². The van der Waals surface area contributed by atoms with E-state index in [2.05, 4.69) is 24.4 Å². The second-order valence-electron chi connectivity index (χ2n) is 10.5. The van der Waals surface area contributed by atoms with E-state index in [1.807, 2.05) is 0 Å². The summed E-state index contributed by atoms with van der Waals surface area (Å²) in [6.07, 6.45) is 9.74. The second-order valence-corrected chi connectivity index (χ2v) is 10.5. The van der Waals surface area contributed by atoms with Crippen LogP contribution in [0, 0.1) is 49.8 Å². The molecule has 0 radical (unpaired) electrons. The predicted molar refractivity (Wildman–Crippen MR) is 133 cm³/mol. The third kappa shape index (κ3) is 7.22. The maximum atomic E-state index is 11.6. The number of hydrazone groups is 1. The van der Waals surface area contributed by atoms with Crippen molar-refractivity contribution in [2.75, 3.05) is 5.43 Å². The van der Waals surface area contributed by atoms with E-state index in [1.54, 1.807) is 0 Å². The molecule has 35 heavy (non-hydrogen) atoms. The number of nitrogens with one attached hydrogen (secondary N) is 1. The molecule has 10 nitrogen and oxygen atoms in total.